The SMILES string of the molecule is CCN(CC)C1Cc2ccc(NC(=O)/C=C3\CCCOc4cc(C(F)(F)F)ccc43)cc2NC1=O. The van der Waals surface area contributed by atoms with Crippen LogP contribution < -0.4 is 15.4 Å². The molecule has 1 atom stereocenters. The maximum Gasteiger partial charge on any atom is 0.416 e. The molecule has 6 nitrogen and oxygen atoms in total. The Hall–Kier alpha value is -3.33. The molecule has 0 saturated heterocycles. The van der Waals surface area contributed by atoms with E-state index in [0.717, 1.165) is 30.8 Å². The fourth-order valence-corrected chi connectivity index (χ4v) is 4.57. The first-order valence-corrected chi connectivity index (χ1v) is 11.7. The maximum atomic E-state index is 13.1. The largest absolute Gasteiger partial charge is 0.493 e. The number of carbonyl (C=O) groups is 2. The van der Waals surface area contributed by atoms with Crippen molar-refractivity contribution in [1.29, 1.82) is 0 Å². The minimum atomic E-state index is -4.47. The Morgan fingerprint density at radius 2 is 1.97 bits per heavy atom. The van der Waals surface area contributed by atoms with Crippen molar-refractivity contribution >= 4 is 28.8 Å². The third-order valence-electron chi connectivity index (χ3n) is 6.41. The quantitative estimate of drug-likeness (QED) is 0.576. The van der Waals surface area contributed by atoms with Crippen LogP contribution in [0.4, 0.5) is 24.5 Å². The zero-order chi connectivity index (χ0) is 25.2. The minimum absolute atomic E-state index is 0.0694. The summed E-state index contributed by atoms with van der Waals surface area (Å²) in [4.78, 5) is 27.5. The number of benzene rings is 2. The summed E-state index contributed by atoms with van der Waals surface area (Å²) in [5, 5.41) is 5.74. The van der Waals surface area contributed by atoms with Gasteiger partial charge < -0.3 is 15.4 Å². The lowest BCUT2D eigenvalue weighted by atomic mass is 9.97. The van der Waals surface area contributed by atoms with Gasteiger partial charge in [0.2, 0.25) is 11.8 Å². The fraction of sp³-hybridized carbons (Fsp3) is 0.385. The van der Waals surface area contributed by atoms with Gasteiger partial charge in [0, 0.05) is 23.0 Å². The number of hydrogen-bond acceptors (Lipinski definition) is 4. The molecule has 1 unspecified atom stereocenters. The summed E-state index contributed by atoms with van der Waals surface area (Å²) in [6.45, 7) is 5.87. The van der Waals surface area contributed by atoms with E-state index in [9.17, 15) is 22.8 Å². The van der Waals surface area contributed by atoms with E-state index in [1.165, 1.54) is 12.1 Å². The Morgan fingerprint density at radius 3 is 2.69 bits per heavy atom. The van der Waals surface area contributed by atoms with Crippen LogP contribution in [0.3, 0.4) is 0 Å². The number of ether oxygens (including phenoxy) is 1. The summed E-state index contributed by atoms with van der Waals surface area (Å²) in [5.41, 5.74) is 2.47. The summed E-state index contributed by atoms with van der Waals surface area (Å²) in [7, 11) is 0. The molecule has 4 rings (SSSR count). The molecule has 2 aromatic carbocycles. The number of alkyl halides is 3. The van der Waals surface area contributed by atoms with Gasteiger partial charge in [-0.25, -0.2) is 0 Å². The molecule has 0 saturated carbocycles. The summed E-state index contributed by atoms with van der Waals surface area (Å²) in [5.74, 6) is -0.355. The van der Waals surface area contributed by atoms with Gasteiger partial charge in [-0.1, -0.05) is 26.0 Å². The zero-order valence-corrected chi connectivity index (χ0v) is 19.7. The van der Waals surface area contributed by atoms with Crippen LogP contribution >= 0.6 is 0 Å². The van der Waals surface area contributed by atoms with Gasteiger partial charge in [0.15, 0.2) is 0 Å². The van der Waals surface area contributed by atoms with Gasteiger partial charge in [0.25, 0.3) is 0 Å². The standard InChI is InChI=1S/C26H28F3N3O3/c1-3-32(4-2)22-12-17-7-9-19(15-21(17)31-25(22)34)30-24(33)13-16-6-5-11-35-23-14-18(26(27,28)29)8-10-20(16)23/h7-10,13-15,22H,3-6,11-12H2,1-2H3,(H,30,33)(H,31,34)/b16-13+. The Morgan fingerprint density at radius 1 is 1.20 bits per heavy atom. The summed E-state index contributed by atoms with van der Waals surface area (Å²) in [6.07, 6.45) is -1.40. The van der Waals surface area contributed by atoms with Crippen LogP contribution in [-0.4, -0.2) is 42.5 Å². The maximum absolute atomic E-state index is 13.1. The molecule has 0 bridgehead atoms. The van der Waals surface area contributed by atoms with Gasteiger partial charge in [0.1, 0.15) is 5.75 Å². The summed E-state index contributed by atoms with van der Waals surface area (Å²) in [6, 6.07) is 8.50. The van der Waals surface area contributed by atoms with E-state index in [1.54, 1.807) is 12.1 Å². The number of likely N-dealkylation sites (N-methyl/N-ethyl adjacent to an activating group) is 1. The van der Waals surface area contributed by atoms with Crippen molar-refractivity contribution in [2.45, 2.75) is 45.3 Å². The van der Waals surface area contributed by atoms with Crippen molar-refractivity contribution in [1.82, 2.24) is 4.90 Å². The average molecular weight is 488 g/mol. The molecule has 2 heterocycles. The lowest BCUT2D eigenvalue weighted by molar-refractivity contribution is -0.137. The number of nitrogens with one attached hydrogen (secondary N) is 2. The van der Waals surface area contributed by atoms with Crippen molar-refractivity contribution in [3.05, 3.63) is 59.2 Å². The number of rotatable bonds is 5. The topological polar surface area (TPSA) is 70.7 Å². The summed E-state index contributed by atoms with van der Waals surface area (Å²) >= 11 is 0. The second-order valence-corrected chi connectivity index (χ2v) is 8.62. The Bertz CT molecular complexity index is 1160. The van der Waals surface area contributed by atoms with E-state index in [2.05, 4.69) is 15.5 Å². The molecule has 0 spiro atoms. The van der Waals surface area contributed by atoms with Crippen LogP contribution in [0.2, 0.25) is 0 Å². The van der Waals surface area contributed by atoms with Crippen LogP contribution in [0.5, 0.6) is 5.75 Å². The molecule has 2 aliphatic rings. The van der Waals surface area contributed by atoms with E-state index >= 15 is 0 Å². The number of fused-ring (bicyclic) bond motifs is 2. The normalized spacial score (nSPS) is 18.9. The van der Waals surface area contributed by atoms with E-state index in [-0.39, 0.29) is 24.3 Å². The number of halogens is 3. The fourth-order valence-electron chi connectivity index (χ4n) is 4.57. The predicted molar refractivity (Wildman–Crippen MR) is 128 cm³/mol. The van der Waals surface area contributed by atoms with Crippen LogP contribution in [0.1, 0.15) is 43.4 Å². The van der Waals surface area contributed by atoms with Gasteiger partial charge in [-0.2, -0.15) is 13.2 Å². The highest BCUT2D eigenvalue weighted by atomic mass is 19.4. The van der Waals surface area contributed by atoms with Crippen LogP contribution in [-0.2, 0) is 22.2 Å². The number of anilines is 2. The zero-order valence-electron chi connectivity index (χ0n) is 19.7. The first kappa shape index (κ1) is 24.8. The monoisotopic (exact) mass is 487 g/mol. The highest BCUT2D eigenvalue weighted by molar-refractivity contribution is 6.05. The lowest BCUT2D eigenvalue weighted by Crippen LogP contribution is -2.47. The smallest absolute Gasteiger partial charge is 0.416 e. The molecular formula is C26H28F3N3O3. The third-order valence-corrected chi connectivity index (χ3v) is 6.41. The molecule has 186 valence electrons. The second kappa shape index (κ2) is 10.1. The van der Waals surface area contributed by atoms with Gasteiger partial charge in [-0.3, -0.25) is 14.5 Å². The minimum Gasteiger partial charge on any atom is -0.493 e. The van der Waals surface area contributed by atoms with E-state index < -0.39 is 17.6 Å². The van der Waals surface area contributed by atoms with Crippen LogP contribution in [0.25, 0.3) is 5.57 Å². The molecule has 35 heavy (non-hydrogen) atoms. The molecule has 0 aromatic heterocycles. The van der Waals surface area contributed by atoms with Gasteiger partial charge in [0.05, 0.1) is 18.2 Å². The number of carbonyl (C=O) groups excluding carboxylic acids is 2. The van der Waals surface area contributed by atoms with Crippen molar-refractivity contribution in [2.75, 3.05) is 30.3 Å². The van der Waals surface area contributed by atoms with Crippen molar-refractivity contribution in [3.63, 3.8) is 0 Å². The first-order chi connectivity index (χ1) is 16.7. The van der Waals surface area contributed by atoms with E-state index in [0.29, 0.717) is 41.8 Å². The van der Waals surface area contributed by atoms with E-state index in [1.807, 2.05) is 19.9 Å². The van der Waals surface area contributed by atoms with Crippen LogP contribution in [0.15, 0.2) is 42.5 Å². The second-order valence-electron chi connectivity index (χ2n) is 8.62. The Balaban J connectivity index is 1.52. The van der Waals surface area contributed by atoms with Gasteiger partial charge in [-0.05, 0) is 67.8 Å². The van der Waals surface area contributed by atoms with E-state index in [4.69, 9.17) is 4.74 Å². The molecule has 2 aliphatic heterocycles. The molecular weight excluding hydrogens is 459 g/mol. The molecule has 9 heteroatoms. The average Bonchev–Trinajstić information content (AvgIpc) is 3.01. The van der Waals surface area contributed by atoms with Gasteiger partial charge >= 0.3 is 6.18 Å². The summed E-state index contributed by atoms with van der Waals surface area (Å²) < 4.78 is 44.8. The molecule has 0 radical (unpaired) electrons. The molecule has 2 N–H and O–H groups in total. The number of nitrogens with zero attached hydrogens (tertiary/aromatic N) is 1. The highest BCUT2D eigenvalue weighted by Crippen LogP contribution is 2.38. The highest BCUT2D eigenvalue weighted by Gasteiger charge is 2.32. The van der Waals surface area contributed by atoms with Crippen molar-refractivity contribution in [2.24, 2.45) is 0 Å². The first-order valence-electron chi connectivity index (χ1n) is 11.7. The Labute approximate surface area is 202 Å². The molecule has 2 amide bonds. The van der Waals surface area contributed by atoms with Gasteiger partial charge in [-0.15, -0.1) is 0 Å². The lowest BCUT2D eigenvalue weighted by Gasteiger charge is -2.33. The third kappa shape index (κ3) is 5.51. The number of amides is 2. The number of allylic oxidation sites excluding steroid dienone is 1. The number of hydrogen-bond donors (Lipinski definition) is 2. The molecule has 2 aromatic rings. The van der Waals surface area contributed by atoms with Crippen molar-refractivity contribution < 1.29 is 27.5 Å². The molecule has 0 fully saturated rings. The Kier molecular flexibility index (Phi) is 7.16. The molecule has 0 aliphatic carbocycles. The van der Waals surface area contributed by atoms with Crippen molar-refractivity contribution in [3.8, 4) is 5.75 Å². The van der Waals surface area contributed by atoms with Crippen LogP contribution in [0, 0.1) is 0 Å². The predicted octanol–water partition coefficient (Wildman–Crippen LogP) is 5.11.